The van der Waals surface area contributed by atoms with Gasteiger partial charge in [0.15, 0.2) is 11.5 Å². The van der Waals surface area contributed by atoms with Crippen molar-refractivity contribution in [2.45, 2.75) is 46.1 Å². The predicted molar refractivity (Wildman–Crippen MR) is 95.7 cm³/mol. The molecule has 1 aliphatic rings. The van der Waals surface area contributed by atoms with Crippen LogP contribution in [-0.2, 0) is 16.1 Å². The van der Waals surface area contributed by atoms with Crippen LogP contribution >= 0.6 is 0 Å². The number of ether oxygens (including phenoxy) is 2. The molecule has 0 fully saturated rings. The van der Waals surface area contributed by atoms with Crippen molar-refractivity contribution < 1.29 is 19.1 Å². The van der Waals surface area contributed by atoms with Crippen LogP contribution in [0.25, 0.3) is 0 Å². The number of hydrogen-bond acceptors (Lipinski definition) is 4. The van der Waals surface area contributed by atoms with Crippen molar-refractivity contribution in [3.05, 3.63) is 23.8 Å². The maximum atomic E-state index is 12.3. The molecule has 0 saturated carbocycles. The zero-order valence-electron chi connectivity index (χ0n) is 15.2. The summed E-state index contributed by atoms with van der Waals surface area (Å²) in [5.74, 6) is 1.18. The van der Waals surface area contributed by atoms with Crippen LogP contribution in [-0.4, -0.2) is 43.0 Å². The number of carbonyl (C=O) groups excluding carboxylic acids is 2. The van der Waals surface area contributed by atoms with Crippen molar-refractivity contribution in [1.82, 2.24) is 10.2 Å². The van der Waals surface area contributed by atoms with Crippen LogP contribution in [0.15, 0.2) is 18.2 Å². The van der Waals surface area contributed by atoms with E-state index in [1.807, 2.05) is 25.1 Å². The van der Waals surface area contributed by atoms with Crippen LogP contribution in [0.3, 0.4) is 0 Å². The highest BCUT2D eigenvalue weighted by Crippen LogP contribution is 2.32. The number of fused-ring (bicyclic) bond motifs is 1. The van der Waals surface area contributed by atoms with Crippen molar-refractivity contribution in [3.63, 3.8) is 0 Å². The van der Waals surface area contributed by atoms with E-state index in [-0.39, 0.29) is 18.4 Å². The van der Waals surface area contributed by atoms with Gasteiger partial charge in [-0.15, -0.1) is 0 Å². The second-order valence-corrected chi connectivity index (χ2v) is 6.04. The first-order chi connectivity index (χ1) is 12.2. The summed E-state index contributed by atoms with van der Waals surface area (Å²) in [6, 6.07) is 5.68. The number of benzene rings is 1. The number of rotatable bonds is 3. The van der Waals surface area contributed by atoms with E-state index < -0.39 is 0 Å². The van der Waals surface area contributed by atoms with Gasteiger partial charge in [0.1, 0.15) is 0 Å². The largest absolute Gasteiger partial charge is 0.490 e. The lowest BCUT2D eigenvalue weighted by atomic mass is 10.1. The van der Waals surface area contributed by atoms with Crippen LogP contribution in [0.5, 0.6) is 11.5 Å². The monoisotopic (exact) mass is 348 g/mol. The number of carbonyl (C=O) groups is 2. The zero-order valence-corrected chi connectivity index (χ0v) is 15.2. The molecule has 0 unspecified atom stereocenters. The Morgan fingerprint density at radius 1 is 1.24 bits per heavy atom. The topological polar surface area (TPSA) is 67.9 Å². The molecule has 6 nitrogen and oxygen atoms in total. The lowest BCUT2D eigenvalue weighted by Gasteiger charge is -2.24. The predicted octanol–water partition coefficient (Wildman–Crippen LogP) is 2.50. The molecule has 138 valence electrons. The number of nitrogens with one attached hydrogen (secondary N) is 1. The summed E-state index contributed by atoms with van der Waals surface area (Å²) < 4.78 is 11.7. The van der Waals surface area contributed by atoms with Crippen LogP contribution in [0.4, 0.5) is 0 Å². The Bertz CT molecular complexity index is 589. The van der Waals surface area contributed by atoms with Crippen molar-refractivity contribution >= 4 is 11.8 Å². The van der Waals surface area contributed by atoms with Gasteiger partial charge in [-0.25, -0.2) is 0 Å². The molecule has 1 aliphatic heterocycles. The van der Waals surface area contributed by atoms with Gasteiger partial charge >= 0.3 is 0 Å². The molecule has 1 N–H and O–H groups in total. The summed E-state index contributed by atoms with van der Waals surface area (Å²) in [7, 11) is 0. The molecule has 0 aromatic heterocycles. The van der Waals surface area contributed by atoms with Crippen molar-refractivity contribution in [2.75, 3.05) is 26.3 Å². The Balaban J connectivity index is 2.32. The van der Waals surface area contributed by atoms with Crippen LogP contribution in [0.1, 0.15) is 45.1 Å². The molecule has 1 aromatic rings. The highest BCUT2D eigenvalue weighted by Gasteiger charge is 2.20. The minimum atomic E-state index is -0.121. The lowest BCUT2D eigenvalue weighted by Crippen LogP contribution is -2.40. The van der Waals surface area contributed by atoms with Gasteiger partial charge in [-0.2, -0.15) is 0 Å². The second-order valence-electron chi connectivity index (χ2n) is 6.04. The fraction of sp³-hybridized carbons (Fsp3) is 0.579. The van der Waals surface area contributed by atoms with Crippen LogP contribution in [0, 0.1) is 0 Å². The molecule has 0 bridgehead atoms. The van der Waals surface area contributed by atoms with E-state index in [2.05, 4.69) is 5.32 Å². The molecule has 2 amide bonds. The molecule has 25 heavy (non-hydrogen) atoms. The molecule has 0 atom stereocenters. The summed E-state index contributed by atoms with van der Waals surface area (Å²) in [5.41, 5.74) is 0.861. The molecule has 0 radical (unpaired) electrons. The fourth-order valence-corrected chi connectivity index (χ4v) is 2.82. The Labute approximate surface area is 149 Å². The number of para-hydroxylation sites is 1. The molecule has 2 rings (SSSR count). The van der Waals surface area contributed by atoms with Crippen LogP contribution < -0.4 is 14.8 Å². The van der Waals surface area contributed by atoms with Gasteiger partial charge in [0, 0.05) is 25.1 Å². The third kappa shape index (κ3) is 5.66. The van der Waals surface area contributed by atoms with E-state index in [0.29, 0.717) is 44.2 Å². The molecular weight excluding hydrogens is 320 g/mol. The van der Waals surface area contributed by atoms with Gasteiger partial charge in [-0.3, -0.25) is 9.59 Å². The minimum Gasteiger partial charge on any atom is -0.490 e. The third-order valence-electron chi connectivity index (χ3n) is 4.10. The van der Waals surface area contributed by atoms with Crippen molar-refractivity contribution in [1.29, 1.82) is 0 Å². The normalized spacial score (nSPS) is 16.4. The summed E-state index contributed by atoms with van der Waals surface area (Å²) in [5, 5.41) is 2.89. The molecule has 0 saturated heterocycles. The summed E-state index contributed by atoms with van der Waals surface area (Å²) in [4.78, 5) is 26.0. The average molecular weight is 348 g/mol. The Morgan fingerprint density at radius 3 is 2.84 bits per heavy atom. The maximum absolute atomic E-state index is 12.3. The summed E-state index contributed by atoms with van der Waals surface area (Å²) >= 11 is 0. The van der Waals surface area contributed by atoms with Crippen molar-refractivity contribution in [2.24, 2.45) is 0 Å². The number of nitrogens with zero attached hydrogens (tertiary/aromatic N) is 1. The van der Waals surface area contributed by atoms with Gasteiger partial charge in [0.25, 0.3) is 0 Å². The zero-order chi connectivity index (χ0) is 18.1. The van der Waals surface area contributed by atoms with Gasteiger partial charge in [-0.1, -0.05) is 19.1 Å². The smallest absolute Gasteiger partial charge is 0.239 e. The highest BCUT2D eigenvalue weighted by molar-refractivity contribution is 5.84. The highest BCUT2D eigenvalue weighted by atomic mass is 16.5. The van der Waals surface area contributed by atoms with E-state index in [4.69, 9.17) is 9.47 Å². The first-order valence-corrected chi connectivity index (χ1v) is 9.07. The molecular formula is C19H28N2O4. The minimum absolute atomic E-state index is 0.0576. The van der Waals surface area contributed by atoms with Gasteiger partial charge in [0.2, 0.25) is 11.8 Å². The standard InChI is InChI=1S/C19H28N2O4/c1-3-18(23)21-13-15-9-8-10-16(24-4-2)19(15)25-12-7-5-6-11-20-17(22)14-21/h8-10H,3-7,11-14H2,1-2H3,(H,20,22). The van der Waals surface area contributed by atoms with Gasteiger partial charge < -0.3 is 19.7 Å². The first-order valence-electron chi connectivity index (χ1n) is 9.07. The first kappa shape index (κ1) is 19.1. The summed E-state index contributed by atoms with van der Waals surface area (Å²) in [6.45, 7) is 5.88. The van der Waals surface area contributed by atoms with E-state index in [1.165, 1.54) is 0 Å². The molecule has 1 aromatic carbocycles. The van der Waals surface area contributed by atoms with E-state index in [1.54, 1.807) is 11.8 Å². The van der Waals surface area contributed by atoms with Gasteiger partial charge in [0.05, 0.1) is 19.8 Å². The Morgan fingerprint density at radius 2 is 2.08 bits per heavy atom. The molecule has 0 aliphatic carbocycles. The van der Waals surface area contributed by atoms with E-state index in [0.717, 1.165) is 24.8 Å². The summed E-state index contributed by atoms with van der Waals surface area (Å²) in [6.07, 6.45) is 3.14. The third-order valence-corrected chi connectivity index (χ3v) is 4.10. The quantitative estimate of drug-likeness (QED) is 0.911. The van der Waals surface area contributed by atoms with Crippen molar-refractivity contribution in [3.8, 4) is 11.5 Å². The average Bonchev–Trinajstić information content (AvgIpc) is 2.62. The van der Waals surface area contributed by atoms with E-state index in [9.17, 15) is 9.59 Å². The van der Waals surface area contributed by atoms with Gasteiger partial charge in [-0.05, 0) is 32.3 Å². The molecule has 1 heterocycles. The maximum Gasteiger partial charge on any atom is 0.239 e. The molecule has 0 spiro atoms. The Hall–Kier alpha value is -2.24. The van der Waals surface area contributed by atoms with Crippen LogP contribution in [0.2, 0.25) is 0 Å². The van der Waals surface area contributed by atoms with E-state index >= 15 is 0 Å². The fourth-order valence-electron chi connectivity index (χ4n) is 2.82. The SMILES string of the molecule is CCOc1cccc2c1OCCCCCNC(=O)CN(C(=O)CC)C2. The number of amides is 2. The lowest BCUT2D eigenvalue weighted by molar-refractivity contribution is -0.136. The number of hydrogen-bond donors (Lipinski definition) is 1. The Kier molecular flexibility index (Phi) is 7.57. The second kappa shape index (κ2) is 9.91. The molecule has 6 heteroatoms.